The number of likely N-dealkylation sites (tertiary alicyclic amines) is 1. The number of halogens is 1. The second-order valence-electron chi connectivity index (χ2n) is 10.1. The second-order valence-corrected chi connectivity index (χ2v) is 10.5. The van der Waals surface area contributed by atoms with Crippen molar-refractivity contribution in [1.29, 1.82) is 0 Å². The summed E-state index contributed by atoms with van der Waals surface area (Å²) in [5, 5.41) is 24.0. The standard InChI is InChI=1S/C29H28ClN9O5/c1-17(40)38-14-18(15-38)11-24(33-27(41)10-5-20-12-21(30)6-9-26(20)39-16-31-36-37-39)25-13-23(28(42)35-34-25)19-3-7-22(8-4-19)32-29(43)44-2/h3-10,12-13,16,18,24H,11,14-15H2,1-2H3,(H,32,43)(H,33,41)(H,35,42)/t24-/m0/s1. The normalized spacial score (nSPS) is 13.8. The number of ether oxygens (including phenoxy) is 1. The largest absolute Gasteiger partial charge is 0.453 e. The average molecular weight is 618 g/mol. The second kappa shape index (κ2) is 13.3. The molecule has 1 aliphatic rings. The fourth-order valence-corrected chi connectivity index (χ4v) is 4.98. The number of benzene rings is 2. The van der Waals surface area contributed by atoms with Crippen molar-refractivity contribution in [3.05, 3.63) is 87.6 Å². The van der Waals surface area contributed by atoms with E-state index in [4.69, 9.17) is 11.6 Å². The SMILES string of the molecule is COC(=O)Nc1ccc(-c2cc([C@H](CC3CN(C(C)=O)C3)NC(=O)C=Cc3cc(Cl)ccc3-n3cnnn3)n[nH]c2=O)cc1. The molecular weight excluding hydrogens is 590 g/mol. The molecule has 4 aromatic rings. The van der Waals surface area contributed by atoms with E-state index >= 15 is 0 Å². The van der Waals surface area contributed by atoms with Gasteiger partial charge in [-0.3, -0.25) is 19.7 Å². The Morgan fingerprint density at radius 2 is 1.93 bits per heavy atom. The number of rotatable bonds is 9. The quantitative estimate of drug-likeness (QED) is 0.238. The van der Waals surface area contributed by atoms with Crippen LogP contribution in [0.25, 0.3) is 22.9 Å². The number of carbonyl (C=O) groups excluding carboxylic acids is 3. The Hall–Kier alpha value is -5.37. The van der Waals surface area contributed by atoms with Gasteiger partial charge < -0.3 is 15.0 Å². The van der Waals surface area contributed by atoms with Gasteiger partial charge in [0.15, 0.2) is 0 Å². The Morgan fingerprint density at radius 3 is 2.61 bits per heavy atom. The van der Waals surface area contributed by atoms with E-state index in [0.29, 0.717) is 58.3 Å². The van der Waals surface area contributed by atoms with Gasteiger partial charge in [-0.05, 0) is 70.8 Å². The minimum absolute atomic E-state index is 0.0146. The third-order valence-electron chi connectivity index (χ3n) is 7.10. The van der Waals surface area contributed by atoms with Gasteiger partial charge >= 0.3 is 6.09 Å². The van der Waals surface area contributed by atoms with Gasteiger partial charge in [0.2, 0.25) is 11.8 Å². The van der Waals surface area contributed by atoms with Crippen molar-refractivity contribution in [2.24, 2.45) is 5.92 Å². The molecule has 1 saturated heterocycles. The first-order valence-corrected chi connectivity index (χ1v) is 13.9. The Balaban J connectivity index is 1.39. The third kappa shape index (κ3) is 7.15. The highest BCUT2D eigenvalue weighted by molar-refractivity contribution is 6.30. The molecule has 2 aromatic carbocycles. The molecule has 14 nitrogen and oxygen atoms in total. The van der Waals surface area contributed by atoms with Gasteiger partial charge in [-0.1, -0.05) is 23.7 Å². The minimum atomic E-state index is -0.615. The lowest BCUT2D eigenvalue weighted by atomic mass is 9.90. The average Bonchev–Trinajstić information content (AvgIpc) is 3.52. The smallest absolute Gasteiger partial charge is 0.411 e. The molecule has 1 fully saturated rings. The molecule has 2 aromatic heterocycles. The maximum atomic E-state index is 13.2. The molecule has 0 saturated carbocycles. The number of aromatic amines is 1. The third-order valence-corrected chi connectivity index (χ3v) is 7.33. The van der Waals surface area contributed by atoms with E-state index in [2.05, 4.69) is 41.1 Å². The predicted molar refractivity (Wildman–Crippen MR) is 161 cm³/mol. The number of hydrogen-bond acceptors (Lipinski definition) is 9. The number of nitrogens with one attached hydrogen (secondary N) is 3. The molecule has 3 heterocycles. The van der Waals surface area contributed by atoms with E-state index in [9.17, 15) is 19.2 Å². The van der Waals surface area contributed by atoms with Crippen LogP contribution < -0.4 is 16.2 Å². The van der Waals surface area contributed by atoms with Crippen molar-refractivity contribution in [1.82, 2.24) is 40.6 Å². The number of carbonyl (C=O) groups is 3. The molecule has 5 rings (SSSR count). The Kier molecular flexibility index (Phi) is 9.09. The first-order chi connectivity index (χ1) is 21.2. The molecule has 15 heteroatoms. The Labute approximate surface area is 256 Å². The van der Waals surface area contributed by atoms with Crippen LogP contribution in [0.3, 0.4) is 0 Å². The number of hydrogen-bond donors (Lipinski definition) is 3. The summed E-state index contributed by atoms with van der Waals surface area (Å²) >= 11 is 6.20. The zero-order chi connectivity index (χ0) is 31.2. The number of nitrogens with zero attached hydrogens (tertiary/aromatic N) is 6. The topological polar surface area (TPSA) is 177 Å². The van der Waals surface area contributed by atoms with E-state index in [1.54, 1.807) is 59.5 Å². The number of aromatic nitrogens is 6. The number of methoxy groups -OCH3 is 1. The van der Waals surface area contributed by atoms with Gasteiger partial charge in [0.1, 0.15) is 6.33 Å². The summed E-state index contributed by atoms with van der Waals surface area (Å²) in [6.45, 7) is 2.63. The van der Waals surface area contributed by atoms with Crippen molar-refractivity contribution in [3.63, 3.8) is 0 Å². The van der Waals surface area contributed by atoms with Gasteiger partial charge in [0, 0.05) is 42.4 Å². The lowest BCUT2D eigenvalue weighted by Crippen LogP contribution is -2.50. The number of H-pyrrole nitrogens is 1. The fourth-order valence-electron chi connectivity index (χ4n) is 4.80. The molecule has 226 valence electrons. The Morgan fingerprint density at radius 1 is 1.16 bits per heavy atom. The van der Waals surface area contributed by atoms with Crippen LogP contribution in [0.5, 0.6) is 0 Å². The summed E-state index contributed by atoms with van der Waals surface area (Å²) in [4.78, 5) is 51.0. The first kappa shape index (κ1) is 30.1. The highest BCUT2D eigenvalue weighted by Gasteiger charge is 2.32. The first-order valence-electron chi connectivity index (χ1n) is 13.5. The van der Waals surface area contributed by atoms with Crippen LogP contribution >= 0.6 is 11.6 Å². The summed E-state index contributed by atoms with van der Waals surface area (Å²) in [5.74, 6) is -0.305. The van der Waals surface area contributed by atoms with Crippen molar-refractivity contribution >= 4 is 41.3 Å². The van der Waals surface area contributed by atoms with Gasteiger partial charge in [0.05, 0.1) is 30.1 Å². The summed E-state index contributed by atoms with van der Waals surface area (Å²) in [6.07, 6.45) is 4.27. The summed E-state index contributed by atoms with van der Waals surface area (Å²) in [7, 11) is 1.26. The molecule has 44 heavy (non-hydrogen) atoms. The van der Waals surface area contributed by atoms with Crippen LogP contribution in [0.4, 0.5) is 10.5 Å². The molecule has 0 spiro atoms. The van der Waals surface area contributed by atoms with Crippen LogP contribution in [0.1, 0.15) is 30.6 Å². The summed E-state index contributed by atoms with van der Waals surface area (Å²) < 4.78 is 6.06. The molecule has 0 aliphatic carbocycles. The van der Waals surface area contributed by atoms with Crippen LogP contribution in [0.2, 0.25) is 5.02 Å². The van der Waals surface area contributed by atoms with Gasteiger partial charge in [-0.25, -0.2) is 9.89 Å². The molecular formula is C29H28ClN9O5. The van der Waals surface area contributed by atoms with Gasteiger partial charge in [0.25, 0.3) is 5.56 Å². The van der Waals surface area contributed by atoms with Crippen LogP contribution in [-0.2, 0) is 14.3 Å². The van der Waals surface area contributed by atoms with E-state index in [0.717, 1.165) is 0 Å². The molecule has 0 unspecified atom stereocenters. The molecule has 3 amide bonds. The van der Waals surface area contributed by atoms with Gasteiger partial charge in [-0.15, -0.1) is 5.10 Å². The van der Waals surface area contributed by atoms with Crippen molar-refractivity contribution < 1.29 is 19.1 Å². The lowest BCUT2D eigenvalue weighted by molar-refractivity contribution is -0.135. The molecule has 0 radical (unpaired) electrons. The van der Waals surface area contributed by atoms with Crippen LogP contribution in [-0.4, -0.2) is 73.4 Å². The minimum Gasteiger partial charge on any atom is -0.453 e. The monoisotopic (exact) mass is 617 g/mol. The van der Waals surface area contributed by atoms with E-state index in [-0.39, 0.29) is 11.8 Å². The number of anilines is 1. The number of tetrazole rings is 1. The molecule has 3 N–H and O–H groups in total. The van der Waals surface area contributed by atoms with Crippen LogP contribution in [0, 0.1) is 5.92 Å². The Bertz CT molecular complexity index is 1750. The zero-order valence-electron chi connectivity index (χ0n) is 23.7. The number of amides is 3. The van der Waals surface area contributed by atoms with E-state index < -0.39 is 23.6 Å². The van der Waals surface area contributed by atoms with Crippen molar-refractivity contribution in [2.45, 2.75) is 19.4 Å². The lowest BCUT2D eigenvalue weighted by Gasteiger charge is -2.40. The predicted octanol–water partition coefficient (Wildman–Crippen LogP) is 2.98. The molecule has 0 bridgehead atoms. The zero-order valence-corrected chi connectivity index (χ0v) is 24.5. The van der Waals surface area contributed by atoms with Gasteiger partial charge in [-0.2, -0.15) is 9.78 Å². The summed E-state index contributed by atoms with van der Waals surface area (Å²) in [5.41, 5.74) is 2.66. The van der Waals surface area contributed by atoms with E-state index in [1.807, 2.05) is 0 Å². The van der Waals surface area contributed by atoms with Crippen molar-refractivity contribution in [2.75, 3.05) is 25.5 Å². The highest BCUT2D eigenvalue weighted by atomic mass is 35.5. The summed E-state index contributed by atoms with van der Waals surface area (Å²) in [6, 6.07) is 12.8. The maximum absolute atomic E-state index is 13.2. The van der Waals surface area contributed by atoms with Crippen molar-refractivity contribution in [3.8, 4) is 16.8 Å². The van der Waals surface area contributed by atoms with E-state index in [1.165, 1.54) is 31.1 Å². The molecule has 1 aliphatic heterocycles. The van der Waals surface area contributed by atoms with Crippen LogP contribution in [0.15, 0.2) is 65.7 Å². The fraction of sp³-hybridized carbons (Fsp3) is 0.241. The highest BCUT2D eigenvalue weighted by Crippen LogP contribution is 2.29. The maximum Gasteiger partial charge on any atom is 0.411 e. The molecule has 1 atom stereocenters.